The first kappa shape index (κ1) is 12.9. The zero-order chi connectivity index (χ0) is 13.1. The molecule has 6 nitrogen and oxygen atoms in total. The minimum Gasteiger partial charge on any atom is -0.363 e. The monoisotopic (exact) mass is 266 g/mol. The molecule has 0 spiro atoms. The van der Waals surface area contributed by atoms with E-state index in [0.29, 0.717) is 12.5 Å². The van der Waals surface area contributed by atoms with Crippen molar-refractivity contribution in [3.63, 3.8) is 0 Å². The number of ether oxygens (including phenoxy) is 1. The van der Waals surface area contributed by atoms with Crippen molar-refractivity contribution in [2.45, 2.75) is 44.8 Å². The molecule has 0 radical (unpaired) electrons. The van der Waals surface area contributed by atoms with E-state index in [9.17, 15) is 0 Å². The zero-order valence-electron chi connectivity index (χ0n) is 11.5. The summed E-state index contributed by atoms with van der Waals surface area (Å²) in [6, 6.07) is 0. The molecular formula is C13H22N4O2. The molecule has 0 aliphatic carbocycles. The van der Waals surface area contributed by atoms with Crippen LogP contribution in [0.2, 0.25) is 0 Å². The Morgan fingerprint density at radius 3 is 2.63 bits per heavy atom. The Labute approximate surface area is 113 Å². The van der Waals surface area contributed by atoms with Crippen LogP contribution in [0.15, 0.2) is 4.52 Å². The molecule has 6 heteroatoms. The Morgan fingerprint density at radius 2 is 2.00 bits per heavy atom. The van der Waals surface area contributed by atoms with Gasteiger partial charge < -0.3 is 19.5 Å². The first-order valence-corrected chi connectivity index (χ1v) is 7.17. The van der Waals surface area contributed by atoms with Gasteiger partial charge in [0.15, 0.2) is 0 Å². The van der Waals surface area contributed by atoms with E-state index in [2.05, 4.69) is 27.3 Å². The Kier molecular flexibility index (Phi) is 3.70. The Morgan fingerprint density at radius 1 is 1.26 bits per heavy atom. The van der Waals surface area contributed by atoms with E-state index in [0.717, 1.165) is 32.1 Å². The second-order valence-electron chi connectivity index (χ2n) is 5.73. The highest BCUT2D eigenvalue weighted by atomic mass is 16.5. The number of hydrogen-bond acceptors (Lipinski definition) is 6. The van der Waals surface area contributed by atoms with Gasteiger partial charge in [0.2, 0.25) is 0 Å². The molecule has 2 saturated heterocycles. The minimum absolute atomic E-state index is 0.0722. The standard InChI is InChI=1S/C13H22N4O2/c1-13(9-14-10-13)18-8-11-15-12(16-19-11)17-6-4-2-3-5-7-17/h14H,2-10H2,1H3. The van der Waals surface area contributed by atoms with Crippen LogP contribution < -0.4 is 10.2 Å². The van der Waals surface area contributed by atoms with Gasteiger partial charge in [0.25, 0.3) is 11.8 Å². The summed E-state index contributed by atoms with van der Waals surface area (Å²) in [4.78, 5) is 6.65. The second kappa shape index (κ2) is 5.46. The first-order chi connectivity index (χ1) is 9.25. The van der Waals surface area contributed by atoms with Crippen molar-refractivity contribution in [1.82, 2.24) is 15.5 Å². The summed E-state index contributed by atoms with van der Waals surface area (Å²) in [7, 11) is 0. The van der Waals surface area contributed by atoms with Gasteiger partial charge >= 0.3 is 0 Å². The van der Waals surface area contributed by atoms with Gasteiger partial charge in [-0.25, -0.2) is 0 Å². The maximum atomic E-state index is 5.80. The number of nitrogens with one attached hydrogen (secondary N) is 1. The number of hydrogen-bond donors (Lipinski definition) is 1. The third kappa shape index (κ3) is 3.06. The summed E-state index contributed by atoms with van der Waals surface area (Å²) in [6.45, 7) is 6.33. The van der Waals surface area contributed by atoms with Gasteiger partial charge in [0.1, 0.15) is 6.61 Å². The lowest BCUT2D eigenvalue weighted by atomic mass is 10.0. The summed E-state index contributed by atoms with van der Waals surface area (Å²) < 4.78 is 11.1. The van der Waals surface area contributed by atoms with Gasteiger partial charge in [-0.05, 0) is 24.9 Å². The SMILES string of the molecule is CC1(OCc2nc(N3CCCCCC3)no2)CNC1. The van der Waals surface area contributed by atoms with Crippen LogP contribution in [0.1, 0.15) is 38.5 Å². The van der Waals surface area contributed by atoms with E-state index in [4.69, 9.17) is 9.26 Å². The van der Waals surface area contributed by atoms with Crippen LogP contribution in [0.5, 0.6) is 0 Å². The number of anilines is 1. The number of nitrogens with zero attached hydrogens (tertiary/aromatic N) is 3. The highest BCUT2D eigenvalue weighted by Gasteiger charge is 2.33. The van der Waals surface area contributed by atoms with E-state index in [1.165, 1.54) is 25.7 Å². The van der Waals surface area contributed by atoms with E-state index < -0.39 is 0 Å². The molecule has 2 aliphatic rings. The minimum atomic E-state index is -0.0722. The lowest BCUT2D eigenvalue weighted by Gasteiger charge is -2.38. The number of aromatic nitrogens is 2. The van der Waals surface area contributed by atoms with Crippen molar-refractivity contribution >= 4 is 5.95 Å². The van der Waals surface area contributed by atoms with E-state index in [1.807, 2.05) is 0 Å². The van der Waals surface area contributed by atoms with Crippen LogP contribution in [0, 0.1) is 0 Å². The molecule has 1 aromatic rings. The summed E-state index contributed by atoms with van der Waals surface area (Å²) in [6.07, 6.45) is 5.03. The fraction of sp³-hybridized carbons (Fsp3) is 0.846. The van der Waals surface area contributed by atoms with Crippen LogP contribution in [-0.2, 0) is 11.3 Å². The van der Waals surface area contributed by atoms with Crippen LogP contribution in [0.25, 0.3) is 0 Å². The molecule has 19 heavy (non-hydrogen) atoms. The first-order valence-electron chi connectivity index (χ1n) is 7.17. The molecular weight excluding hydrogens is 244 g/mol. The zero-order valence-corrected chi connectivity index (χ0v) is 11.5. The van der Waals surface area contributed by atoms with Crippen LogP contribution in [0.3, 0.4) is 0 Å². The predicted octanol–water partition coefficient (Wildman–Crippen LogP) is 1.33. The molecule has 106 valence electrons. The fourth-order valence-electron chi connectivity index (χ4n) is 2.52. The Bertz CT molecular complexity index is 409. The molecule has 0 saturated carbocycles. The van der Waals surface area contributed by atoms with E-state index in [1.54, 1.807) is 0 Å². The van der Waals surface area contributed by atoms with Crippen molar-refractivity contribution in [2.24, 2.45) is 0 Å². The van der Waals surface area contributed by atoms with Crippen molar-refractivity contribution in [3.8, 4) is 0 Å². The van der Waals surface area contributed by atoms with Gasteiger partial charge in [0, 0.05) is 26.2 Å². The summed E-state index contributed by atoms with van der Waals surface area (Å²) in [5, 5.41) is 7.27. The van der Waals surface area contributed by atoms with Crippen molar-refractivity contribution in [2.75, 3.05) is 31.1 Å². The smallest absolute Gasteiger partial charge is 0.266 e. The third-order valence-electron chi connectivity index (χ3n) is 3.89. The molecule has 2 fully saturated rings. The van der Waals surface area contributed by atoms with Gasteiger partial charge in [-0.15, -0.1) is 0 Å². The Hall–Kier alpha value is -1.14. The molecule has 1 N–H and O–H groups in total. The van der Waals surface area contributed by atoms with Gasteiger partial charge in [0.05, 0.1) is 5.60 Å². The van der Waals surface area contributed by atoms with E-state index in [-0.39, 0.29) is 5.60 Å². The predicted molar refractivity (Wildman–Crippen MR) is 71.0 cm³/mol. The summed E-state index contributed by atoms with van der Waals surface area (Å²) >= 11 is 0. The van der Waals surface area contributed by atoms with Crippen LogP contribution >= 0.6 is 0 Å². The molecule has 3 heterocycles. The molecule has 3 rings (SSSR count). The van der Waals surface area contributed by atoms with Crippen LogP contribution in [0.4, 0.5) is 5.95 Å². The van der Waals surface area contributed by atoms with Crippen LogP contribution in [-0.4, -0.2) is 41.9 Å². The molecule has 0 amide bonds. The second-order valence-corrected chi connectivity index (χ2v) is 5.73. The number of rotatable bonds is 4. The molecule has 1 aromatic heterocycles. The molecule has 2 aliphatic heterocycles. The molecule has 0 aromatic carbocycles. The van der Waals surface area contributed by atoms with Gasteiger partial charge in [-0.1, -0.05) is 12.8 Å². The fourth-order valence-corrected chi connectivity index (χ4v) is 2.52. The molecule has 0 atom stereocenters. The maximum absolute atomic E-state index is 5.80. The topological polar surface area (TPSA) is 63.4 Å². The third-order valence-corrected chi connectivity index (χ3v) is 3.89. The maximum Gasteiger partial charge on any atom is 0.266 e. The lowest BCUT2D eigenvalue weighted by molar-refractivity contribution is -0.0841. The van der Waals surface area contributed by atoms with Crippen molar-refractivity contribution in [3.05, 3.63) is 5.89 Å². The highest BCUT2D eigenvalue weighted by molar-refractivity contribution is 5.27. The average molecular weight is 266 g/mol. The molecule has 0 bridgehead atoms. The molecule has 0 unspecified atom stereocenters. The summed E-state index contributed by atoms with van der Waals surface area (Å²) in [5.41, 5.74) is -0.0722. The highest BCUT2D eigenvalue weighted by Crippen LogP contribution is 2.19. The van der Waals surface area contributed by atoms with E-state index >= 15 is 0 Å². The lowest BCUT2D eigenvalue weighted by Crippen LogP contribution is -2.58. The Balaban J connectivity index is 1.56. The average Bonchev–Trinajstić information content (AvgIpc) is 2.68. The van der Waals surface area contributed by atoms with Gasteiger partial charge in [-0.2, -0.15) is 4.98 Å². The largest absolute Gasteiger partial charge is 0.363 e. The van der Waals surface area contributed by atoms with Gasteiger partial charge in [-0.3, -0.25) is 0 Å². The normalized spacial score (nSPS) is 22.9. The summed E-state index contributed by atoms with van der Waals surface area (Å²) in [5.74, 6) is 1.30. The van der Waals surface area contributed by atoms with Crippen molar-refractivity contribution in [1.29, 1.82) is 0 Å². The quantitative estimate of drug-likeness (QED) is 0.887. The van der Waals surface area contributed by atoms with Crippen molar-refractivity contribution < 1.29 is 9.26 Å².